The van der Waals surface area contributed by atoms with Crippen LogP contribution in [0.4, 0.5) is 4.39 Å². The molecule has 0 aliphatic carbocycles. The highest BCUT2D eigenvalue weighted by atomic mass is 79.9. The maximum atomic E-state index is 13.5. The van der Waals surface area contributed by atoms with E-state index in [1.165, 1.54) is 6.07 Å². The number of hydrogen-bond acceptors (Lipinski definition) is 2. The fourth-order valence-electron chi connectivity index (χ4n) is 2.31. The second-order valence-corrected chi connectivity index (χ2v) is 5.74. The predicted molar refractivity (Wildman–Crippen MR) is 87.2 cm³/mol. The van der Waals surface area contributed by atoms with Crippen LogP contribution in [0.1, 0.15) is 24.1 Å². The molecule has 2 nitrogen and oxygen atoms in total. The van der Waals surface area contributed by atoms with E-state index in [4.69, 9.17) is 4.74 Å². The van der Waals surface area contributed by atoms with E-state index in [0.717, 1.165) is 27.8 Å². The maximum absolute atomic E-state index is 13.5. The Balaban J connectivity index is 2.15. The first-order valence-corrected chi connectivity index (χ1v) is 7.76. The van der Waals surface area contributed by atoms with Gasteiger partial charge in [-0.15, -0.1) is 0 Å². The second-order valence-electron chi connectivity index (χ2n) is 4.83. The number of rotatable bonds is 6. The first-order valence-electron chi connectivity index (χ1n) is 6.97. The number of likely N-dealkylation sites (N-methyl/N-ethyl adjacent to an activating group) is 1. The molecule has 0 amide bonds. The van der Waals surface area contributed by atoms with Crippen molar-refractivity contribution in [1.29, 1.82) is 0 Å². The Morgan fingerprint density at radius 3 is 2.48 bits per heavy atom. The van der Waals surface area contributed by atoms with Crippen LogP contribution in [0, 0.1) is 5.82 Å². The average molecular weight is 352 g/mol. The van der Waals surface area contributed by atoms with Crippen molar-refractivity contribution in [3.05, 3.63) is 63.9 Å². The molecule has 0 aliphatic heterocycles. The van der Waals surface area contributed by atoms with E-state index >= 15 is 0 Å². The molecule has 1 unspecified atom stereocenters. The SMILES string of the molecule is CCOc1ccc(C(Cc2cc(F)cc(Br)c2)NC)cc1. The van der Waals surface area contributed by atoms with Crippen LogP contribution in [-0.2, 0) is 6.42 Å². The van der Waals surface area contributed by atoms with Crippen molar-refractivity contribution in [2.45, 2.75) is 19.4 Å². The lowest BCUT2D eigenvalue weighted by Gasteiger charge is -2.17. The molecule has 2 aromatic carbocycles. The number of nitrogens with one attached hydrogen (secondary N) is 1. The molecule has 4 heteroatoms. The molecule has 0 spiro atoms. The summed E-state index contributed by atoms with van der Waals surface area (Å²) in [5.74, 6) is 0.644. The van der Waals surface area contributed by atoms with Gasteiger partial charge in [0.1, 0.15) is 11.6 Å². The number of ether oxygens (including phenoxy) is 1. The summed E-state index contributed by atoms with van der Waals surface area (Å²) in [4.78, 5) is 0. The van der Waals surface area contributed by atoms with E-state index in [1.807, 2.05) is 44.3 Å². The molecule has 1 N–H and O–H groups in total. The average Bonchev–Trinajstić information content (AvgIpc) is 2.45. The zero-order valence-corrected chi connectivity index (χ0v) is 13.8. The van der Waals surface area contributed by atoms with Gasteiger partial charge in [-0.2, -0.15) is 0 Å². The fraction of sp³-hybridized carbons (Fsp3) is 0.294. The van der Waals surface area contributed by atoms with Gasteiger partial charge in [-0.25, -0.2) is 4.39 Å². The maximum Gasteiger partial charge on any atom is 0.124 e. The molecule has 2 aromatic rings. The molecule has 0 saturated heterocycles. The van der Waals surface area contributed by atoms with Gasteiger partial charge in [0, 0.05) is 10.5 Å². The summed E-state index contributed by atoms with van der Waals surface area (Å²) in [7, 11) is 1.91. The Morgan fingerprint density at radius 2 is 1.90 bits per heavy atom. The molecule has 0 fully saturated rings. The van der Waals surface area contributed by atoms with E-state index in [-0.39, 0.29) is 11.9 Å². The lowest BCUT2D eigenvalue weighted by atomic mass is 9.99. The second kappa shape index (κ2) is 7.57. The van der Waals surface area contributed by atoms with Gasteiger partial charge in [0.15, 0.2) is 0 Å². The fourth-order valence-corrected chi connectivity index (χ4v) is 2.83. The molecule has 21 heavy (non-hydrogen) atoms. The smallest absolute Gasteiger partial charge is 0.124 e. The zero-order valence-electron chi connectivity index (χ0n) is 12.2. The highest BCUT2D eigenvalue weighted by Gasteiger charge is 2.11. The first kappa shape index (κ1) is 16.0. The topological polar surface area (TPSA) is 21.3 Å². The quantitative estimate of drug-likeness (QED) is 0.827. The van der Waals surface area contributed by atoms with Gasteiger partial charge >= 0.3 is 0 Å². The number of hydrogen-bond donors (Lipinski definition) is 1. The van der Waals surface area contributed by atoms with Crippen LogP contribution >= 0.6 is 15.9 Å². The van der Waals surface area contributed by atoms with Crippen molar-refractivity contribution >= 4 is 15.9 Å². The van der Waals surface area contributed by atoms with Crippen LogP contribution in [0.15, 0.2) is 46.9 Å². The molecule has 0 heterocycles. The van der Waals surface area contributed by atoms with Crippen molar-refractivity contribution in [3.63, 3.8) is 0 Å². The molecule has 0 saturated carbocycles. The Morgan fingerprint density at radius 1 is 1.19 bits per heavy atom. The minimum atomic E-state index is -0.221. The Kier molecular flexibility index (Phi) is 5.76. The van der Waals surface area contributed by atoms with Gasteiger partial charge < -0.3 is 10.1 Å². The summed E-state index contributed by atoms with van der Waals surface area (Å²) in [5, 5.41) is 3.28. The Hall–Kier alpha value is -1.39. The highest BCUT2D eigenvalue weighted by molar-refractivity contribution is 9.10. The van der Waals surface area contributed by atoms with Crippen LogP contribution < -0.4 is 10.1 Å². The monoisotopic (exact) mass is 351 g/mol. The van der Waals surface area contributed by atoms with Gasteiger partial charge in [0.05, 0.1) is 6.61 Å². The summed E-state index contributed by atoms with van der Waals surface area (Å²) in [6.45, 7) is 2.62. The Bertz CT molecular complexity index is 566. The zero-order chi connectivity index (χ0) is 15.2. The van der Waals surface area contributed by atoms with Crippen molar-refractivity contribution in [2.24, 2.45) is 0 Å². The normalized spacial score (nSPS) is 12.2. The molecule has 0 bridgehead atoms. The van der Waals surface area contributed by atoms with Crippen molar-refractivity contribution in [2.75, 3.05) is 13.7 Å². The lowest BCUT2D eigenvalue weighted by molar-refractivity contribution is 0.340. The summed E-state index contributed by atoms with van der Waals surface area (Å²) < 4.78 is 19.7. The summed E-state index contributed by atoms with van der Waals surface area (Å²) in [6, 6.07) is 13.1. The van der Waals surface area contributed by atoms with Crippen LogP contribution in [0.5, 0.6) is 5.75 Å². The standard InChI is InChI=1S/C17H19BrFNO/c1-3-21-16-6-4-13(5-7-16)17(20-2)10-12-8-14(18)11-15(19)9-12/h4-9,11,17,20H,3,10H2,1-2H3. The molecule has 0 aliphatic rings. The molecule has 0 radical (unpaired) electrons. The number of benzene rings is 2. The molecule has 2 rings (SSSR count). The minimum absolute atomic E-state index is 0.134. The summed E-state index contributed by atoms with van der Waals surface area (Å²) in [5.41, 5.74) is 2.11. The third kappa shape index (κ3) is 4.55. The van der Waals surface area contributed by atoms with Gasteiger partial charge in [0.2, 0.25) is 0 Å². The van der Waals surface area contributed by atoms with Gasteiger partial charge in [-0.3, -0.25) is 0 Å². The van der Waals surface area contributed by atoms with Gasteiger partial charge in [-0.05, 0) is 61.9 Å². The molecule has 0 aromatic heterocycles. The number of halogens is 2. The van der Waals surface area contributed by atoms with Crippen molar-refractivity contribution < 1.29 is 9.13 Å². The third-order valence-corrected chi connectivity index (χ3v) is 3.76. The highest BCUT2D eigenvalue weighted by Crippen LogP contribution is 2.23. The predicted octanol–water partition coefficient (Wildman–Crippen LogP) is 4.49. The van der Waals surface area contributed by atoms with Gasteiger partial charge in [0.25, 0.3) is 0 Å². The van der Waals surface area contributed by atoms with E-state index in [9.17, 15) is 4.39 Å². The summed E-state index contributed by atoms with van der Waals surface area (Å²) in [6.07, 6.45) is 0.723. The van der Waals surface area contributed by atoms with Crippen LogP contribution in [-0.4, -0.2) is 13.7 Å². The van der Waals surface area contributed by atoms with E-state index in [2.05, 4.69) is 21.2 Å². The molecular formula is C17H19BrFNO. The molecule has 1 atom stereocenters. The van der Waals surface area contributed by atoms with E-state index in [1.54, 1.807) is 6.07 Å². The first-order chi connectivity index (χ1) is 10.1. The van der Waals surface area contributed by atoms with E-state index < -0.39 is 0 Å². The van der Waals surface area contributed by atoms with Crippen LogP contribution in [0.25, 0.3) is 0 Å². The minimum Gasteiger partial charge on any atom is -0.494 e. The summed E-state index contributed by atoms with van der Waals surface area (Å²) >= 11 is 3.33. The van der Waals surface area contributed by atoms with Crippen LogP contribution in [0.3, 0.4) is 0 Å². The lowest BCUT2D eigenvalue weighted by Crippen LogP contribution is -2.18. The third-order valence-electron chi connectivity index (χ3n) is 3.30. The largest absolute Gasteiger partial charge is 0.494 e. The molecular weight excluding hydrogens is 333 g/mol. The van der Waals surface area contributed by atoms with E-state index in [0.29, 0.717) is 6.61 Å². The van der Waals surface area contributed by atoms with Crippen molar-refractivity contribution in [3.8, 4) is 5.75 Å². The molecule has 112 valence electrons. The van der Waals surface area contributed by atoms with Gasteiger partial charge in [-0.1, -0.05) is 28.1 Å². The Labute approximate surface area is 133 Å². The van der Waals surface area contributed by atoms with Crippen LogP contribution in [0.2, 0.25) is 0 Å². The van der Waals surface area contributed by atoms with Crippen molar-refractivity contribution in [1.82, 2.24) is 5.32 Å².